The van der Waals surface area contributed by atoms with E-state index in [1.54, 1.807) is 4.90 Å². The van der Waals surface area contributed by atoms with Gasteiger partial charge in [0.05, 0.1) is 0 Å². The van der Waals surface area contributed by atoms with Gasteiger partial charge in [-0.1, -0.05) is 54.6 Å². The molecular weight excluding hydrogens is 382 g/mol. The zero-order valence-electron chi connectivity index (χ0n) is 16.5. The van der Waals surface area contributed by atoms with Crippen LogP contribution in [0.2, 0.25) is 0 Å². The lowest BCUT2D eigenvalue weighted by atomic mass is 10.00. The molecule has 0 saturated carbocycles. The Kier molecular flexibility index (Phi) is 5.90. The number of aliphatic hydroxyl groups is 1. The molecule has 1 aromatic heterocycles. The molecule has 2 N–H and O–H groups in total. The van der Waals surface area contributed by atoms with E-state index in [-0.39, 0.29) is 17.5 Å². The second-order valence-electron chi connectivity index (χ2n) is 7.28. The maximum Gasteiger partial charge on any atom is 0.276 e. The number of nitrogens with zero attached hydrogens (tertiary/aromatic N) is 2. The SMILES string of the molecule is O=C(CO)N[C@H](Cc1ccccc1)c1nc(C(=O)N2CCc3ccccc3C2)co1. The van der Waals surface area contributed by atoms with Crippen molar-refractivity contribution in [2.45, 2.75) is 25.4 Å². The lowest BCUT2D eigenvalue weighted by Crippen LogP contribution is -2.36. The lowest BCUT2D eigenvalue weighted by Gasteiger charge is -2.28. The summed E-state index contributed by atoms with van der Waals surface area (Å²) in [4.78, 5) is 30.9. The molecule has 30 heavy (non-hydrogen) atoms. The maximum atomic E-state index is 13.0. The second kappa shape index (κ2) is 8.92. The second-order valence-corrected chi connectivity index (χ2v) is 7.28. The van der Waals surface area contributed by atoms with Crippen LogP contribution in [0.4, 0.5) is 0 Å². The van der Waals surface area contributed by atoms with Gasteiger partial charge in [0.15, 0.2) is 5.69 Å². The number of hydrogen-bond acceptors (Lipinski definition) is 5. The fraction of sp³-hybridized carbons (Fsp3) is 0.261. The van der Waals surface area contributed by atoms with E-state index >= 15 is 0 Å². The number of carbonyl (C=O) groups is 2. The summed E-state index contributed by atoms with van der Waals surface area (Å²) in [5.41, 5.74) is 3.58. The van der Waals surface area contributed by atoms with Crippen molar-refractivity contribution in [3.8, 4) is 0 Å². The summed E-state index contributed by atoms with van der Waals surface area (Å²) in [5, 5.41) is 11.8. The summed E-state index contributed by atoms with van der Waals surface area (Å²) in [6.07, 6.45) is 2.56. The van der Waals surface area contributed by atoms with Crippen LogP contribution < -0.4 is 5.32 Å². The van der Waals surface area contributed by atoms with Crippen LogP contribution in [0.3, 0.4) is 0 Å². The third-order valence-electron chi connectivity index (χ3n) is 5.22. The average Bonchev–Trinajstić information content (AvgIpc) is 3.28. The third-order valence-corrected chi connectivity index (χ3v) is 5.22. The van der Waals surface area contributed by atoms with Crippen LogP contribution in [0.25, 0.3) is 0 Å². The largest absolute Gasteiger partial charge is 0.446 e. The predicted molar refractivity (Wildman–Crippen MR) is 110 cm³/mol. The molecule has 2 heterocycles. The van der Waals surface area contributed by atoms with Gasteiger partial charge in [-0.25, -0.2) is 4.98 Å². The summed E-state index contributed by atoms with van der Waals surface area (Å²) in [7, 11) is 0. The number of aromatic nitrogens is 1. The summed E-state index contributed by atoms with van der Waals surface area (Å²) in [6.45, 7) is 0.517. The zero-order valence-corrected chi connectivity index (χ0v) is 16.5. The molecule has 154 valence electrons. The Morgan fingerprint density at radius 1 is 1.10 bits per heavy atom. The monoisotopic (exact) mass is 405 g/mol. The third kappa shape index (κ3) is 4.41. The Labute approximate surface area is 174 Å². The van der Waals surface area contributed by atoms with Crippen molar-refractivity contribution >= 4 is 11.8 Å². The van der Waals surface area contributed by atoms with E-state index in [4.69, 9.17) is 9.52 Å². The van der Waals surface area contributed by atoms with Gasteiger partial charge < -0.3 is 19.7 Å². The van der Waals surface area contributed by atoms with Crippen molar-refractivity contribution < 1.29 is 19.1 Å². The smallest absolute Gasteiger partial charge is 0.276 e. The molecule has 7 nitrogen and oxygen atoms in total. The van der Waals surface area contributed by atoms with Crippen LogP contribution in [0.5, 0.6) is 0 Å². The highest BCUT2D eigenvalue weighted by Gasteiger charge is 2.26. The van der Waals surface area contributed by atoms with Crippen molar-refractivity contribution in [3.63, 3.8) is 0 Å². The van der Waals surface area contributed by atoms with Gasteiger partial charge >= 0.3 is 0 Å². The van der Waals surface area contributed by atoms with Crippen LogP contribution >= 0.6 is 0 Å². The first kappa shape index (κ1) is 19.8. The molecule has 3 aromatic rings. The summed E-state index contributed by atoms with van der Waals surface area (Å²) in [6, 6.07) is 17.1. The van der Waals surface area contributed by atoms with Crippen LogP contribution in [-0.4, -0.2) is 40.0 Å². The molecule has 0 fully saturated rings. The summed E-state index contributed by atoms with van der Waals surface area (Å²) in [5.74, 6) is -0.498. The number of hydrogen-bond donors (Lipinski definition) is 2. The molecule has 7 heteroatoms. The minimum absolute atomic E-state index is 0.202. The highest BCUT2D eigenvalue weighted by molar-refractivity contribution is 5.92. The Hall–Kier alpha value is -3.45. The molecule has 0 saturated heterocycles. The van der Waals surface area contributed by atoms with E-state index in [9.17, 15) is 9.59 Å². The molecule has 1 aliphatic rings. The van der Waals surface area contributed by atoms with Crippen molar-refractivity contribution in [2.24, 2.45) is 0 Å². The number of nitrogens with one attached hydrogen (secondary N) is 1. The van der Waals surface area contributed by atoms with Gasteiger partial charge in [0.2, 0.25) is 11.8 Å². The van der Waals surface area contributed by atoms with Gasteiger partial charge in [-0.2, -0.15) is 0 Å². The van der Waals surface area contributed by atoms with Crippen LogP contribution in [0, 0.1) is 0 Å². The van der Waals surface area contributed by atoms with E-state index in [2.05, 4.69) is 16.4 Å². The van der Waals surface area contributed by atoms with Crippen LogP contribution in [-0.2, 0) is 24.2 Å². The van der Waals surface area contributed by atoms with Crippen molar-refractivity contribution in [1.82, 2.24) is 15.2 Å². The van der Waals surface area contributed by atoms with Gasteiger partial charge in [-0.15, -0.1) is 0 Å². The molecule has 2 aromatic carbocycles. The normalized spacial score (nSPS) is 14.1. The Balaban J connectivity index is 1.51. The quantitative estimate of drug-likeness (QED) is 0.656. The number of aliphatic hydroxyl groups excluding tert-OH is 1. The van der Waals surface area contributed by atoms with Gasteiger partial charge in [0.1, 0.15) is 18.9 Å². The fourth-order valence-corrected chi connectivity index (χ4v) is 3.67. The first-order chi connectivity index (χ1) is 14.6. The van der Waals surface area contributed by atoms with E-state index in [0.29, 0.717) is 19.5 Å². The maximum absolute atomic E-state index is 13.0. The Morgan fingerprint density at radius 2 is 1.83 bits per heavy atom. The molecule has 0 radical (unpaired) electrons. The van der Waals surface area contributed by atoms with E-state index in [1.165, 1.54) is 11.8 Å². The minimum atomic E-state index is -0.634. The first-order valence-electron chi connectivity index (χ1n) is 9.89. The van der Waals surface area contributed by atoms with E-state index < -0.39 is 18.6 Å². The number of rotatable bonds is 6. The van der Waals surface area contributed by atoms with Crippen molar-refractivity contribution in [1.29, 1.82) is 0 Å². The molecule has 0 spiro atoms. The van der Waals surface area contributed by atoms with Gasteiger partial charge in [-0.05, 0) is 23.1 Å². The molecule has 1 atom stereocenters. The number of oxazole rings is 1. The predicted octanol–water partition coefficient (Wildman–Crippen LogP) is 2.27. The summed E-state index contributed by atoms with van der Waals surface area (Å²) < 4.78 is 5.57. The van der Waals surface area contributed by atoms with Gasteiger partial charge in [0.25, 0.3) is 5.91 Å². The molecule has 0 aliphatic carbocycles. The molecular formula is C23H23N3O4. The Morgan fingerprint density at radius 3 is 2.60 bits per heavy atom. The summed E-state index contributed by atoms with van der Waals surface area (Å²) >= 11 is 0. The van der Waals surface area contributed by atoms with Crippen LogP contribution in [0.15, 0.2) is 65.3 Å². The standard InChI is InChI=1S/C23H23N3O4/c27-14-21(28)24-19(12-16-6-2-1-3-7-16)22-25-20(15-30-22)23(29)26-11-10-17-8-4-5-9-18(17)13-26/h1-9,15,19,27H,10-14H2,(H,24,28)/t19-/m1/s1. The molecule has 0 unspecified atom stereocenters. The molecule has 1 aliphatic heterocycles. The number of benzene rings is 2. The number of carbonyl (C=O) groups excluding carboxylic acids is 2. The first-order valence-corrected chi connectivity index (χ1v) is 9.89. The topological polar surface area (TPSA) is 95.7 Å². The molecule has 4 rings (SSSR count). The lowest BCUT2D eigenvalue weighted by molar-refractivity contribution is -0.124. The van der Waals surface area contributed by atoms with E-state index in [1.807, 2.05) is 48.5 Å². The highest BCUT2D eigenvalue weighted by atomic mass is 16.3. The van der Waals surface area contributed by atoms with Crippen molar-refractivity contribution in [2.75, 3.05) is 13.2 Å². The minimum Gasteiger partial charge on any atom is -0.446 e. The average molecular weight is 405 g/mol. The highest BCUT2D eigenvalue weighted by Crippen LogP contribution is 2.22. The zero-order chi connectivity index (χ0) is 20.9. The number of amides is 2. The molecule has 2 amide bonds. The van der Waals surface area contributed by atoms with Crippen molar-refractivity contribution in [3.05, 3.63) is 89.1 Å². The van der Waals surface area contributed by atoms with Crippen LogP contribution in [0.1, 0.15) is 39.1 Å². The molecule has 0 bridgehead atoms. The fourth-order valence-electron chi connectivity index (χ4n) is 3.67. The Bertz CT molecular complexity index is 1030. The van der Waals surface area contributed by atoms with Gasteiger partial charge in [0, 0.05) is 19.5 Å². The number of fused-ring (bicyclic) bond motifs is 1. The van der Waals surface area contributed by atoms with Gasteiger partial charge in [-0.3, -0.25) is 9.59 Å². The van der Waals surface area contributed by atoms with E-state index in [0.717, 1.165) is 17.5 Å².